The molecule has 0 radical (unpaired) electrons. The Bertz CT molecular complexity index is 848. The van der Waals surface area contributed by atoms with Crippen LogP contribution in [0.25, 0.3) is 0 Å². The molecule has 2 aromatic rings. The first-order valence-electron chi connectivity index (χ1n) is 6.71. The summed E-state index contributed by atoms with van der Waals surface area (Å²) in [5.74, 6) is 0.839. The molecule has 0 unspecified atom stereocenters. The number of ether oxygens (including phenoxy) is 1. The van der Waals surface area contributed by atoms with Crippen molar-refractivity contribution in [3.05, 3.63) is 42.5 Å². The van der Waals surface area contributed by atoms with Crippen LogP contribution < -0.4 is 14.8 Å². The molecule has 1 aliphatic heterocycles. The van der Waals surface area contributed by atoms with Crippen molar-refractivity contribution in [2.45, 2.75) is 9.79 Å². The summed E-state index contributed by atoms with van der Waals surface area (Å²) in [5, 5.41) is 2.71. The minimum atomic E-state index is -3.70. The van der Waals surface area contributed by atoms with Gasteiger partial charge in [-0.05, 0) is 42.5 Å². The summed E-state index contributed by atoms with van der Waals surface area (Å²) in [4.78, 5) is 12.2. The minimum absolute atomic E-state index is 0.0885. The number of hydrogen-bond donors (Lipinski definition) is 2. The number of hydrogen-bond acceptors (Lipinski definition) is 5. The van der Waals surface area contributed by atoms with Gasteiger partial charge in [0.05, 0.1) is 23.4 Å². The molecule has 0 atom stereocenters. The molecule has 8 heteroatoms. The Kier molecular flexibility index (Phi) is 4.18. The fourth-order valence-electron chi connectivity index (χ4n) is 2.10. The van der Waals surface area contributed by atoms with Gasteiger partial charge in [0.15, 0.2) is 0 Å². The maximum atomic E-state index is 12.5. The van der Waals surface area contributed by atoms with Crippen molar-refractivity contribution in [1.29, 1.82) is 0 Å². The lowest BCUT2D eigenvalue weighted by Crippen LogP contribution is -2.19. The molecule has 2 N–H and O–H groups in total. The molecule has 0 spiro atoms. The Hall–Kier alpha value is -2.19. The number of carbonyl (C=O) groups excluding carboxylic acids is 1. The van der Waals surface area contributed by atoms with E-state index in [4.69, 9.17) is 4.74 Å². The predicted octanol–water partition coefficient (Wildman–Crippen LogP) is 2.54. The van der Waals surface area contributed by atoms with Crippen LogP contribution in [0.1, 0.15) is 0 Å². The van der Waals surface area contributed by atoms with Crippen molar-refractivity contribution >= 4 is 39.1 Å². The smallest absolute Gasteiger partial charge is 0.261 e. The summed E-state index contributed by atoms with van der Waals surface area (Å²) < 4.78 is 32.5. The van der Waals surface area contributed by atoms with Gasteiger partial charge in [0, 0.05) is 10.6 Å². The summed E-state index contributed by atoms with van der Waals surface area (Å²) in [7, 11) is -2.15. The van der Waals surface area contributed by atoms with Gasteiger partial charge in [-0.15, -0.1) is 11.8 Å². The Morgan fingerprint density at radius 3 is 2.61 bits per heavy atom. The van der Waals surface area contributed by atoms with Gasteiger partial charge in [-0.1, -0.05) is 0 Å². The Morgan fingerprint density at radius 1 is 1.17 bits per heavy atom. The SMILES string of the molecule is COc1ccc(NS(=O)(=O)c2ccc3c(c2)SCC(=O)N3)cc1. The molecule has 23 heavy (non-hydrogen) atoms. The van der Waals surface area contributed by atoms with Crippen molar-refractivity contribution in [2.75, 3.05) is 22.9 Å². The molecule has 1 aliphatic rings. The second-order valence-electron chi connectivity index (χ2n) is 4.83. The third-order valence-electron chi connectivity index (χ3n) is 3.24. The zero-order valence-electron chi connectivity index (χ0n) is 12.2. The highest BCUT2D eigenvalue weighted by molar-refractivity contribution is 8.00. The van der Waals surface area contributed by atoms with Crippen LogP contribution in [0.4, 0.5) is 11.4 Å². The maximum Gasteiger partial charge on any atom is 0.261 e. The van der Waals surface area contributed by atoms with Gasteiger partial charge < -0.3 is 10.1 Å². The van der Waals surface area contributed by atoms with Crippen LogP contribution in [0, 0.1) is 0 Å². The zero-order valence-corrected chi connectivity index (χ0v) is 13.8. The quantitative estimate of drug-likeness (QED) is 0.885. The van der Waals surface area contributed by atoms with Crippen molar-refractivity contribution in [3.8, 4) is 5.75 Å². The van der Waals surface area contributed by atoms with E-state index < -0.39 is 10.0 Å². The van der Waals surface area contributed by atoms with E-state index in [1.54, 1.807) is 43.5 Å². The van der Waals surface area contributed by atoms with Crippen LogP contribution >= 0.6 is 11.8 Å². The van der Waals surface area contributed by atoms with Crippen molar-refractivity contribution in [1.82, 2.24) is 0 Å². The number of amides is 1. The fraction of sp³-hybridized carbons (Fsp3) is 0.133. The highest BCUT2D eigenvalue weighted by atomic mass is 32.2. The molecule has 0 aliphatic carbocycles. The van der Waals surface area contributed by atoms with Gasteiger partial charge in [0.1, 0.15) is 5.75 Å². The van der Waals surface area contributed by atoms with Gasteiger partial charge in [0.25, 0.3) is 10.0 Å². The molecule has 0 saturated carbocycles. The van der Waals surface area contributed by atoms with Gasteiger partial charge in [-0.25, -0.2) is 8.42 Å². The average Bonchev–Trinajstić information content (AvgIpc) is 2.54. The van der Waals surface area contributed by atoms with Gasteiger partial charge >= 0.3 is 0 Å². The summed E-state index contributed by atoms with van der Waals surface area (Å²) in [6, 6.07) is 11.2. The first kappa shape index (κ1) is 15.7. The molecule has 1 amide bonds. The molecule has 3 rings (SSSR count). The molecular formula is C15H14N2O4S2. The molecule has 120 valence electrons. The van der Waals surface area contributed by atoms with E-state index in [1.165, 1.54) is 17.8 Å². The summed E-state index contributed by atoms with van der Waals surface area (Å²) in [5.41, 5.74) is 1.08. The highest BCUT2D eigenvalue weighted by Gasteiger charge is 2.20. The molecule has 0 fully saturated rings. The first-order valence-corrected chi connectivity index (χ1v) is 9.18. The molecular weight excluding hydrogens is 336 g/mol. The fourth-order valence-corrected chi connectivity index (χ4v) is 4.10. The van der Waals surface area contributed by atoms with E-state index in [0.29, 0.717) is 17.1 Å². The first-order chi connectivity index (χ1) is 11.0. The topological polar surface area (TPSA) is 84.5 Å². The lowest BCUT2D eigenvalue weighted by Gasteiger charge is -2.17. The lowest BCUT2D eigenvalue weighted by molar-refractivity contribution is -0.113. The number of benzene rings is 2. The van der Waals surface area contributed by atoms with Crippen LogP contribution in [0.15, 0.2) is 52.3 Å². The third kappa shape index (κ3) is 3.43. The molecule has 0 bridgehead atoms. The number of rotatable bonds is 4. The largest absolute Gasteiger partial charge is 0.497 e. The van der Waals surface area contributed by atoms with Gasteiger partial charge in [0.2, 0.25) is 5.91 Å². The Labute approximate surface area is 138 Å². The van der Waals surface area contributed by atoms with E-state index in [9.17, 15) is 13.2 Å². The van der Waals surface area contributed by atoms with Crippen LogP contribution in [0.5, 0.6) is 5.75 Å². The standard InChI is InChI=1S/C15H14N2O4S2/c1-21-11-4-2-10(3-5-11)17-23(19,20)12-6-7-13-14(8-12)22-9-15(18)16-13/h2-8,17H,9H2,1H3,(H,16,18). The molecule has 0 saturated heterocycles. The number of anilines is 2. The monoisotopic (exact) mass is 350 g/mol. The minimum Gasteiger partial charge on any atom is -0.497 e. The van der Waals surface area contributed by atoms with E-state index in [2.05, 4.69) is 10.0 Å². The zero-order chi connectivity index (χ0) is 16.4. The molecule has 0 aromatic heterocycles. The maximum absolute atomic E-state index is 12.5. The normalized spacial score (nSPS) is 13.9. The van der Waals surface area contributed by atoms with Crippen LogP contribution in [-0.2, 0) is 14.8 Å². The molecule has 6 nitrogen and oxygen atoms in total. The predicted molar refractivity (Wildman–Crippen MR) is 89.6 cm³/mol. The summed E-state index contributed by atoms with van der Waals surface area (Å²) in [6.07, 6.45) is 0. The summed E-state index contributed by atoms with van der Waals surface area (Å²) >= 11 is 1.32. The van der Waals surface area contributed by atoms with Gasteiger partial charge in [-0.3, -0.25) is 9.52 Å². The number of sulfonamides is 1. The highest BCUT2D eigenvalue weighted by Crippen LogP contribution is 2.33. The van der Waals surface area contributed by atoms with Crippen molar-refractivity contribution in [2.24, 2.45) is 0 Å². The van der Waals surface area contributed by atoms with Crippen LogP contribution in [0.2, 0.25) is 0 Å². The average molecular weight is 350 g/mol. The third-order valence-corrected chi connectivity index (χ3v) is 5.67. The molecule has 1 heterocycles. The summed E-state index contributed by atoms with van der Waals surface area (Å²) in [6.45, 7) is 0. The number of methoxy groups -OCH3 is 1. The second kappa shape index (κ2) is 6.13. The van der Waals surface area contributed by atoms with Crippen LogP contribution in [-0.4, -0.2) is 27.2 Å². The number of nitrogens with one attached hydrogen (secondary N) is 2. The Morgan fingerprint density at radius 2 is 1.91 bits per heavy atom. The van der Waals surface area contributed by atoms with Crippen LogP contribution in [0.3, 0.4) is 0 Å². The Balaban J connectivity index is 1.85. The van der Waals surface area contributed by atoms with Crippen molar-refractivity contribution in [3.63, 3.8) is 0 Å². The van der Waals surface area contributed by atoms with E-state index in [1.807, 2.05) is 0 Å². The van der Waals surface area contributed by atoms with E-state index >= 15 is 0 Å². The number of thioether (sulfide) groups is 1. The number of fused-ring (bicyclic) bond motifs is 1. The van der Waals surface area contributed by atoms with E-state index in [-0.39, 0.29) is 16.6 Å². The second-order valence-corrected chi connectivity index (χ2v) is 7.53. The number of carbonyl (C=O) groups is 1. The van der Waals surface area contributed by atoms with Gasteiger partial charge in [-0.2, -0.15) is 0 Å². The van der Waals surface area contributed by atoms with E-state index in [0.717, 1.165) is 4.90 Å². The lowest BCUT2D eigenvalue weighted by atomic mass is 10.3. The molecule has 2 aromatic carbocycles. The van der Waals surface area contributed by atoms with Crippen molar-refractivity contribution < 1.29 is 17.9 Å².